The Morgan fingerprint density at radius 2 is 1.25 bits per heavy atom. The van der Waals surface area contributed by atoms with Crippen LogP contribution in [0.5, 0.6) is 0 Å². The van der Waals surface area contributed by atoms with Gasteiger partial charge in [-0.15, -0.1) is 0 Å². The summed E-state index contributed by atoms with van der Waals surface area (Å²) in [4.78, 5) is 0. The van der Waals surface area contributed by atoms with Gasteiger partial charge in [-0.05, 0) is 0 Å². The van der Waals surface area contributed by atoms with Gasteiger partial charge in [0.25, 0.3) is 0 Å². The van der Waals surface area contributed by atoms with Gasteiger partial charge in [0.05, 0.1) is 0 Å². The van der Waals surface area contributed by atoms with Gasteiger partial charge in [-0.2, -0.15) is 0 Å². The minimum atomic E-state index is 0. The Hall–Kier alpha value is 2.22. The van der Waals surface area contributed by atoms with E-state index >= 15 is 0 Å². The van der Waals surface area contributed by atoms with Crippen molar-refractivity contribution in [2.75, 3.05) is 0 Å². The summed E-state index contributed by atoms with van der Waals surface area (Å²) in [5.41, 5.74) is 0. The Labute approximate surface area is 67.7 Å². The van der Waals surface area contributed by atoms with E-state index in [1.807, 2.05) is 0 Å². The summed E-state index contributed by atoms with van der Waals surface area (Å²) < 4.78 is 0. The van der Waals surface area contributed by atoms with Gasteiger partial charge in [-0.3, -0.25) is 0 Å². The SMILES string of the molecule is [S]=[Mo].[Se].[Te]. The molecule has 4 heavy (non-hydrogen) atoms. The monoisotopic (exact) mass is 340 g/mol. The maximum absolute atomic E-state index is 4.09. The molecule has 0 bridgehead atoms. The van der Waals surface area contributed by atoms with Gasteiger partial charge < -0.3 is 0 Å². The van der Waals surface area contributed by atoms with Crippen LogP contribution in [0.2, 0.25) is 0 Å². The first-order valence-electron chi connectivity index (χ1n) is 0.167. The Morgan fingerprint density at radius 1 is 1.25 bits per heavy atom. The summed E-state index contributed by atoms with van der Waals surface area (Å²) in [5, 5.41) is 0. The molecule has 4 radical (unpaired) electrons. The third-order valence-electron chi connectivity index (χ3n) is 0. The molecule has 0 spiro atoms. The van der Waals surface area contributed by atoms with Crippen molar-refractivity contribution in [3.05, 3.63) is 0 Å². The number of hydrogen-bond acceptors (Lipinski definition) is 1. The van der Waals surface area contributed by atoms with Crippen LogP contribution < -0.4 is 0 Å². The van der Waals surface area contributed by atoms with Gasteiger partial charge >= 0.3 is 27.8 Å². The Bertz CT molecular complexity index is 8.00. The fraction of sp³-hybridized carbons (Fsp3) is 0. The fourth-order valence-corrected chi connectivity index (χ4v) is 0. The number of hydrogen-bond donors (Lipinski definition) is 0. The van der Waals surface area contributed by atoms with E-state index in [0.717, 1.165) is 0 Å². The summed E-state index contributed by atoms with van der Waals surface area (Å²) in [5.74, 6) is 0. The molecule has 0 saturated carbocycles. The average Bonchev–Trinajstić information content (AvgIpc) is 1.00. The predicted molar refractivity (Wildman–Crippen MR) is 19.1 cm³/mol. The van der Waals surface area contributed by atoms with Crippen molar-refractivity contribution in [1.29, 1.82) is 0 Å². The molecule has 0 aliphatic carbocycles. The molecular formula is MoSSeTe. The third-order valence-corrected chi connectivity index (χ3v) is 0. The zero-order valence-corrected chi connectivity index (χ0v) is 8.50. The molecule has 0 aromatic heterocycles. The van der Waals surface area contributed by atoms with Crippen LogP contribution in [0.25, 0.3) is 0 Å². The van der Waals surface area contributed by atoms with Gasteiger partial charge in [0.1, 0.15) is 0 Å². The second kappa shape index (κ2) is 18.9. The van der Waals surface area contributed by atoms with Gasteiger partial charge in [0.2, 0.25) is 0 Å². The van der Waals surface area contributed by atoms with E-state index < -0.39 is 0 Å². The topological polar surface area (TPSA) is 0 Å². The van der Waals surface area contributed by atoms with Crippen molar-refractivity contribution < 1.29 is 18.0 Å². The van der Waals surface area contributed by atoms with E-state index in [9.17, 15) is 0 Å². The molecule has 0 heterocycles. The molecule has 0 fully saturated rings. The van der Waals surface area contributed by atoms with Crippen molar-refractivity contribution in [3.8, 4) is 0 Å². The molecule has 0 aliphatic rings. The van der Waals surface area contributed by atoms with Crippen LogP contribution in [0.15, 0.2) is 0 Å². The van der Waals surface area contributed by atoms with Crippen molar-refractivity contribution >= 4 is 50.6 Å². The van der Waals surface area contributed by atoms with Crippen LogP contribution in [-0.4, -0.2) is 40.7 Å². The van der Waals surface area contributed by atoms with Gasteiger partial charge in [-0.25, -0.2) is 0 Å². The zero-order chi connectivity index (χ0) is 2.00. The van der Waals surface area contributed by atoms with Crippen LogP contribution >= 0.6 is 9.82 Å². The van der Waals surface area contributed by atoms with Crippen LogP contribution in [0.4, 0.5) is 0 Å². The fourth-order valence-electron chi connectivity index (χ4n) is 0. The maximum Gasteiger partial charge on any atom is 0 e. The molecule has 0 rings (SSSR count). The molecule has 0 N–H and O–H groups in total. The first kappa shape index (κ1) is 16.3. The summed E-state index contributed by atoms with van der Waals surface area (Å²) >= 11 is 1.53. The molecule has 0 nitrogen and oxygen atoms in total. The second-order valence-electron chi connectivity index (χ2n) is 0. The minimum Gasteiger partial charge on any atom is 0 e. The van der Waals surface area contributed by atoms with E-state index in [1.54, 1.807) is 0 Å². The van der Waals surface area contributed by atoms with Crippen molar-refractivity contribution in [2.24, 2.45) is 0 Å². The first-order chi connectivity index (χ1) is 1.00. The van der Waals surface area contributed by atoms with Gasteiger partial charge in [0.15, 0.2) is 0 Å². The summed E-state index contributed by atoms with van der Waals surface area (Å²) in [7, 11) is 4.09. The quantitative estimate of drug-likeness (QED) is 0.557. The molecule has 0 atom stereocenters. The molecule has 0 amide bonds. The first-order valence-corrected chi connectivity index (χ1v) is 2.96. The summed E-state index contributed by atoms with van der Waals surface area (Å²) in [6.07, 6.45) is 0. The molecule has 0 aromatic rings. The van der Waals surface area contributed by atoms with Crippen LogP contribution in [0.1, 0.15) is 0 Å². The van der Waals surface area contributed by atoms with E-state index in [0.29, 0.717) is 0 Å². The molecule has 24 valence electrons. The smallest absolute Gasteiger partial charge is 0 e. The zero-order valence-electron chi connectivity index (χ0n) is 1.63. The summed E-state index contributed by atoms with van der Waals surface area (Å²) in [6.45, 7) is 0. The van der Waals surface area contributed by atoms with E-state index in [-0.39, 0.29) is 40.7 Å². The van der Waals surface area contributed by atoms with Crippen LogP contribution in [0.3, 0.4) is 0 Å². The molecular weight excluding hydrogens is 335 g/mol. The number of rotatable bonds is 0. The Balaban J connectivity index is -0.00000000500. The van der Waals surface area contributed by atoms with Crippen molar-refractivity contribution in [3.63, 3.8) is 0 Å². The minimum absolute atomic E-state index is 0. The largest absolute Gasteiger partial charge is 0 e. The molecule has 0 unspecified atom stereocenters. The van der Waals surface area contributed by atoms with E-state index in [2.05, 4.69) is 9.82 Å². The third kappa shape index (κ3) is 8.88. The molecule has 0 aromatic carbocycles. The van der Waals surface area contributed by atoms with Crippen molar-refractivity contribution in [2.45, 2.75) is 0 Å². The maximum atomic E-state index is 4.09. The standard InChI is InChI=1S/Mo.S.Se.Te. The molecule has 4 heteroatoms. The van der Waals surface area contributed by atoms with E-state index in [1.165, 1.54) is 18.0 Å². The summed E-state index contributed by atoms with van der Waals surface area (Å²) in [6, 6.07) is 0. The Morgan fingerprint density at radius 3 is 1.25 bits per heavy atom. The average molecular weight is 335 g/mol. The molecule has 0 saturated heterocycles. The predicted octanol–water partition coefficient (Wildman–Crippen LogP) is -0.116. The normalized spacial score (nSPS) is 1.00. The van der Waals surface area contributed by atoms with E-state index in [4.69, 9.17) is 0 Å². The van der Waals surface area contributed by atoms with Crippen molar-refractivity contribution in [1.82, 2.24) is 0 Å². The Kier molecular flexibility index (Phi) is 77.1. The van der Waals surface area contributed by atoms with Gasteiger partial charge in [0, 0.05) is 40.7 Å². The van der Waals surface area contributed by atoms with Gasteiger partial charge in [-0.1, -0.05) is 0 Å². The second-order valence-corrected chi connectivity index (χ2v) is 0. The van der Waals surface area contributed by atoms with Crippen LogP contribution in [0, 0.1) is 0 Å². The molecule has 0 aliphatic heterocycles. The van der Waals surface area contributed by atoms with Crippen LogP contribution in [-0.2, 0) is 18.0 Å².